The second-order valence-electron chi connectivity index (χ2n) is 6.86. The number of aliphatic hydroxyl groups excluding tert-OH is 1. The number of aryl methyl sites for hydroxylation is 1. The molecule has 0 fully saturated rings. The van der Waals surface area contributed by atoms with E-state index in [0.29, 0.717) is 17.4 Å². The number of hydrogen-bond donors (Lipinski definition) is 1. The molecule has 2 heterocycles. The second-order valence-corrected chi connectivity index (χ2v) is 7.84. The fraction of sp³-hybridized carbons (Fsp3) is 0.130. The summed E-state index contributed by atoms with van der Waals surface area (Å²) in [6.07, 6.45) is 0.519. The number of thiophene rings is 1. The van der Waals surface area contributed by atoms with E-state index in [0.717, 1.165) is 22.6 Å². The summed E-state index contributed by atoms with van der Waals surface area (Å²) in [4.78, 5) is 27.5. The molecule has 4 nitrogen and oxygen atoms in total. The number of anilines is 1. The van der Waals surface area contributed by atoms with Gasteiger partial charge < -0.3 is 5.11 Å². The highest BCUT2D eigenvalue weighted by atomic mass is 32.1. The molecule has 0 bridgehead atoms. The average molecular weight is 425 g/mol. The van der Waals surface area contributed by atoms with Gasteiger partial charge in [-0.1, -0.05) is 36.4 Å². The number of hydrogen-bond acceptors (Lipinski definition) is 4. The summed E-state index contributed by atoms with van der Waals surface area (Å²) >= 11 is 1.28. The summed E-state index contributed by atoms with van der Waals surface area (Å²) in [7, 11) is 0. The maximum atomic E-state index is 14.5. The van der Waals surface area contributed by atoms with Gasteiger partial charge in [0.1, 0.15) is 17.7 Å². The van der Waals surface area contributed by atoms with Gasteiger partial charge in [-0.2, -0.15) is 0 Å². The van der Waals surface area contributed by atoms with E-state index < -0.39 is 35.1 Å². The maximum absolute atomic E-state index is 14.5. The molecule has 4 rings (SSSR count). The maximum Gasteiger partial charge on any atom is 0.294 e. The fourth-order valence-corrected chi connectivity index (χ4v) is 4.39. The van der Waals surface area contributed by atoms with Crippen LogP contribution in [0, 0.1) is 11.6 Å². The topological polar surface area (TPSA) is 57.6 Å². The fourth-order valence-electron chi connectivity index (χ4n) is 3.57. The van der Waals surface area contributed by atoms with Crippen LogP contribution >= 0.6 is 11.3 Å². The highest BCUT2D eigenvalue weighted by Crippen LogP contribution is 2.43. The van der Waals surface area contributed by atoms with E-state index in [1.165, 1.54) is 11.3 Å². The molecule has 1 unspecified atom stereocenters. The molecule has 1 atom stereocenters. The number of aliphatic hydroxyl groups is 1. The van der Waals surface area contributed by atoms with Crippen LogP contribution in [0.15, 0.2) is 77.4 Å². The number of benzene rings is 2. The van der Waals surface area contributed by atoms with Crippen LogP contribution in [0.1, 0.15) is 22.9 Å². The number of rotatable bonds is 6. The Balaban J connectivity index is 1.71. The first-order valence-electron chi connectivity index (χ1n) is 9.29. The first-order valence-corrected chi connectivity index (χ1v) is 10.2. The van der Waals surface area contributed by atoms with E-state index in [1.807, 2.05) is 30.3 Å². The molecule has 0 spiro atoms. The molecule has 0 saturated carbocycles. The minimum absolute atomic E-state index is 0.0675. The van der Waals surface area contributed by atoms with Gasteiger partial charge >= 0.3 is 0 Å². The average Bonchev–Trinajstić information content (AvgIpc) is 3.35. The molecule has 7 heteroatoms. The SMILES string of the molecule is O=C(CCc1ccccc1)C1=C(O)C(=O)N(c2ccc(F)cc2F)C1c1cccs1. The third-order valence-electron chi connectivity index (χ3n) is 4.97. The molecular formula is C23H17F2NO3S. The Morgan fingerprint density at radius 3 is 2.50 bits per heavy atom. The van der Waals surface area contributed by atoms with Crippen molar-refractivity contribution in [1.29, 1.82) is 0 Å². The minimum atomic E-state index is -0.972. The summed E-state index contributed by atoms with van der Waals surface area (Å²) in [5, 5.41) is 12.3. The molecule has 1 aromatic heterocycles. The Kier molecular flexibility index (Phi) is 5.46. The number of Topliss-reactive ketones (excluding diaryl/α,β-unsaturated/α-hetero) is 1. The zero-order chi connectivity index (χ0) is 21.3. The number of amides is 1. The lowest BCUT2D eigenvalue weighted by Gasteiger charge is -2.26. The monoisotopic (exact) mass is 425 g/mol. The molecule has 1 amide bonds. The highest BCUT2D eigenvalue weighted by molar-refractivity contribution is 7.10. The van der Waals surface area contributed by atoms with E-state index in [2.05, 4.69) is 0 Å². The second kappa shape index (κ2) is 8.20. The molecule has 1 aliphatic heterocycles. The van der Waals surface area contributed by atoms with Gasteiger partial charge in [-0.25, -0.2) is 8.78 Å². The normalized spacial score (nSPS) is 16.4. The summed E-state index contributed by atoms with van der Waals surface area (Å²) in [5.41, 5.74) is 0.684. The number of ketones is 1. The van der Waals surface area contributed by atoms with Gasteiger partial charge in [0.15, 0.2) is 11.5 Å². The van der Waals surface area contributed by atoms with Crippen molar-refractivity contribution < 1.29 is 23.5 Å². The van der Waals surface area contributed by atoms with E-state index in [1.54, 1.807) is 17.5 Å². The zero-order valence-corrected chi connectivity index (χ0v) is 16.5. The Labute approximate surface area is 175 Å². The lowest BCUT2D eigenvalue weighted by Crippen LogP contribution is -2.31. The Hall–Kier alpha value is -3.32. The molecule has 2 aromatic carbocycles. The van der Waals surface area contributed by atoms with E-state index in [-0.39, 0.29) is 17.7 Å². The first-order chi connectivity index (χ1) is 14.5. The summed E-state index contributed by atoms with van der Waals surface area (Å²) in [5.74, 6) is -3.71. The van der Waals surface area contributed by atoms with Crippen molar-refractivity contribution in [3.05, 3.63) is 99.5 Å². The molecule has 30 heavy (non-hydrogen) atoms. The van der Waals surface area contributed by atoms with E-state index >= 15 is 0 Å². The molecule has 1 N–H and O–H groups in total. The smallest absolute Gasteiger partial charge is 0.294 e. The van der Waals surface area contributed by atoms with Gasteiger partial charge in [0.05, 0.1) is 11.3 Å². The highest BCUT2D eigenvalue weighted by Gasteiger charge is 2.45. The van der Waals surface area contributed by atoms with Crippen molar-refractivity contribution in [2.24, 2.45) is 0 Å². The van der Waals surface area contributed by atoms with Crippen LogP contribution in [0.2, 0.25) is 0 Å². The van der Waals surface area contributed by atoms with Crippen LogP contribution in [0.4, 0.5) is 14.5 Å². The van der Waals surface area contributed by atoms with Crippen molar-refractivity contribution in [2.45, 2.75) is 18.9 Å². The standard InChI is InChI=1S/C23H17F2NO3S/c24-15-9-10-17(16(25)13-15)26-21(19-7-4-12-30-19)20(22(28)23(26)29)18(27)11-8-14-5-2-1-3-6-14/h1-7,9-10,12-13,21,28H,8,11H2. The molecular weight excluding hydrogens is 408 g/mol. The Morgan fingerprint density at radius 2 is 1.83 bits per heavy atom. The number of nitrogens with zero attached hydrogens (tertiary/aromatic N) is 1. The van der Waals surface area contributed by atoms with Crippen LogP contribution < -0.4 is 4.90 Å². The summed E-state index contributed by atoms with van der Waals surface area (Å²) < 4.78 is 27.9. The van der Waals surface area contributed by atoms with Crippen molar-refractivity contribution in [3.63, 3.8) is 0 Å². The summed E-state index contributed by atoms with van der Waals surface area (Å²) in [6.45, 7) is 0. The zero-order valence-electron chi connectivity index (χ0n) is 15.7. The van der Waals surface area contributed by atoms with Crippen molar-refractivity contribution in [2.75, 3.05) is 4.90 Å². The molecule has 0 saturated heterocycles. The molecule has 1 aliphatic rings. The predicted molar refractivity (Wildman–Crippen MR) is 110 cm³/mol. The lowest BCUT2D eigenvalue weighted by atomic mass is 9.97. The van der Waals surface area contributed by atoms with Crippen molar-refractivity contribution in [3.8, 4) is 0 Å². The van der Waals surface area contributed by atoms with Gasteiger partial charge in [0.2, 0.25) is 0 Å². The Bertz CT molecular complexity index is 1130. The Morgan fingerprint density at radius 1 is 1.07 bits per heavy atom. The third-order valence-corrected chi connectivity index (χ3v) is 5.90. The molecule has 0 radical (unpaired) electrons. The lowest BCUT2D eigenvalue weighted by molar-refractivity contribution is -0.118. The number of halogens is 2. The van der Waals surface area contributed by atoms with Gasteiger partial charge in [0, 0.05) is 17.4 Å². The van der Waals surface area contributed by atoms with Crippen LogP contribution in [0.5, 0.6) is 0 Å². The van der Waals surface area contributed by atoms with Crippen LogP contribution in [-0.4, -0.2) is 16.8 Å². The molecule has 3 aromatic rings. The van der Waals surface area contributed by atoms with Gasteiger partial charge in [-0.15, -0.1) is 11.3 Å². The van der Waals surface area contributed by atoms with Crippen LogP contribution in [0.3, 0.4) is 0 Å². The number of carbonyl (C=O) groups is 2. The largest absolute Gasteiger partial charge is 0.503 e. The van der Waals surface area contributed by atoms with E-state index in [9.17, 15) is 23.5 Å². The first kappa shape index (κ1) is 20.0. The van der Waals surface area contributed by atoms with Gasteiger partial charge in [0.25, 0.3) is 5.91 Å². The molecule has 152 valence electrons. The van der Waals surface area contributed by atoms with Gasteiger partial charge in [-0.05, 0) is 35.6 Å². The molecule has 0 aliphatic carbocycles. The van der Waals surface area contributed by atoms with Crippen molar-refractivity contribution >= 4 is 28.7 Å². The van der Waals surface area contributed by atoms with Crippen LogP contribution in [0.25, 0.3) is 0 Å². The van der Waals surface area contributed by atoms with Crippen molar-refractivity contribution in [1.82, 2.24) is 0 Å². The summed E-state index contributed by atoms with van der Waals surface area (Å²) in [6, 6.07) is 14.7. The predicted octanol–water partition coefficient (Wildman–Crippen LogP) is 5.13. The minimum Gasteiger partial charge on any atom is -0.503 e. The number of carbonyl (C=O) groups excluding carboxylic acids is 2. The van der Waals surface area contributed by atoms with Gasteiger partial charge in [-0.3, -0.25) is 14.5 Å². The quantitative estimate of drug-likeness (QED) is 0.596. The third kappa shape index (κ3) is 3.64. The van der Waals surface area contributed by atoms with E-state index in [4.69, 9.17) is 0 Å². The van der Waals surface area contributed by atoms with Crippen LogP contribution in [-0.2, 0) is 16.0 Å².